The summed E-state index contributed by atoms with van der Waals surface area (Å²) in [5, 5.41) is 12.5. The van der Waals surface area contributed by atoms with E-state index in [-0.39, 0.29) is 12.0 Å². The number of amides is 1. The highest BCUT2D eigenvalue weighted by atomic mass is 19.4. The number of benzene rings is 2. The van der Waals surface area contributed by atoms with Gasteiger partial charge in [-0.3, -0.25) is 15.1 Å². The number of nitrogens with zero attached hydrogens (tertiary/aromatic N) is 2. The molecule has 0 spiro atoms. The maximum Gasteiger partial charge on any atom is 0.407 e. The van der Waals surface area contributed by atoms with Gasteiger partial charge >= 0.3 is 6.18 Å². The first kappa shape index (κ1) is 25.9. The Morgan fingerprint density at radius 2 is 1.57 bits per heavy atom. The summed E-state index contributed by atoms with van der Waals surface area (Å²) in [7, 11) is 0. The van der Waals surface area contributed by atoms with Crippen LogP contribution < -0.4 is 11.1 Å². The van der Waals surface area contributed by atoms with Crippen LogP contribution in [-0.4, -0.2) is 22.6 Å². The van der Waals surface area contributed by atoms with E-state index in [9.17, 15) is 23.2 Å². The van der Waals surface area contributed by atoms with E-state index in [1.807, 2.05) is 0 Å². The zero-order valence-corrected chi connectivity index (χ0v) is 19.5. The number of alkyl halides is 3. The minimum absolute atomic E-state index is 0.0665. The van der Waals surface area contributed by atoms with Crippen molar-refractivity contribution in [2.24, 2.45) is 17.6 Å². The molecule has 3 aromatic rings. The van der Waals surface area contributed by atoms with Gasteiger partial charge in [0.05, 0.1) is 12.0 Å². The van der Waals surface area contributed by atoms with Crippen molar-refractivity contribution in [1.29, 1.82) is 5.26 Å². The summed E-state index contributed by atoms with van der Waals surface area (Å²) in [5.74, 6) is -2.84. The van der Waals surface area contributed by atoms with E-state index in [4.69, 9.17) is 5.73 Å². The predicted molar refractivity (Wildman–Crippen MR) is 128 cm³/mol. The molecule has 0 fully saturated rings. The van der Waals surface area contributed by atoms with Gasteiger partial charge in [-0.25, -0.2) is 0 Å². The van der Waals surface area contributed by atoms with Gasteiger partial charge in [-0.2, -0.15) is 18.4 Å². The number of aromatic nitrogens is 1. The fraction of sp³-hybridized carbons (Fsp3) is 0.296. The highest BCUT2D eigenvalue weighted by Crippen LogP contribution is 2.39. The van der Waals surface area contributed by atoms with Crippen LogP contribution in [0.4, 0.5) is 13.2 Å². The summed E-state index contributed by atoms with van der Waals surface area (Å²) in [5.41, 5.74) is 5.98. The maximum absolute atomic E-state index is 14.4. The minimum Gasteiger partial charge on any atom is -0.368 e. The first-order valence-corrected chi connectivity index (χ1v) is 11.2. The lowest BCUT2D eigenvalue weighted by Gasteiger charge is -2.42. The Bertz CT molecular complexity index is 1160. The molecule has 1 amide bonds. The zero-order valence-electron chi connectivity index (χ0n) is 19.5. The van der Waals surface area contributed by atoms with Gasteiger partial charge in [0.25, 0.3) is 0 Å². The monoisotopic (exact) mass is 480 g/mol. The van der Waals surface area contributed by atoms with Gasteiger partial charge in [0.1, 0.15) is 11.6 Å². The van der Waals surface area contributed by atoms with Crippen molar-refractivity contribution in [3.05, 3.63) is 90.3 Å². The van der Waals surface area contributed by atoms with Crippen LogP contribution in [0.25, 0.3) is 11.1 Å². The van der Waals surface area contributed by atoms with Crippen molar-refractivity contribution < 1.29 is 18.0 Å². The standard InChI is InChI=1S/C27H27F3N4O/c1-18(2)26(25(32)35,23(17-31)16-19-6-4-3-5-7-19)34-24(27(28,29)30)22-10-8-20(9-11-22)21-12-14-33-15-13-21/h3-15,18,23-24,34H,16H2,1-2H3,(H2,32,35)/t23-,24+,26?/m1/s1. The van der Waals surface area contributed by atoms with E-state index in [1.54, 1.807) is 80.8 Å². The summed E-state index contributed by atoms with van der Waals surface area (Å²) in [4.78, 5) is 16.8. The second-order valence-corrected chi connectivity index (χ2v) is 8.74. The number of pyridine rings is 1. The summed E-state index contributed by atoms with van der Waals surface area (Å²) in [6, 6.07) is 18.1. The lowest BCUT2D eigenvalue weighted by atomic mass is 9.72. The van der Waals surface area contributed by atoms with Gasteiger partial charge in [0.2, 0.25) is 5.91 Å². The molecular weight excluding hydrogens is 453 g/mol. The fourth-order valence-corrected chi connectivity index (χ4v) is 4.36. The fourth-order valence-electron chi connectivity index (χ4n) is 4.36. The number of carbonyl (C=O) groups is 1. The van der Waals surface area contributed by atoms with E-state index < -0.39 is 35.5 Å². The maximum atomic E-state index is 14.4. The number of hydrogen-bond acceptors (Lipinski definition) is 4. The normalized spacial score (nSPS) is 15.1. The summed E-state index contributed by atoms with van der Waals surface area (Å²) in [6.45, 7) is 3.18. The van der Waals surface area contributed by atoms with Crippen LogP contribution >= 0.6 is 0 Å². The van der Waals surface area contributed by atoms with Crippen LogP contribution in [0.2, 0.25) is 0 Å². The quantitative estimate of drug-likeness (QED) is 0.440. The van der Waals surface area contributed by atoms with Crippen molar-refractivity contribution in [2.75, 3.05) is 0 Å². The molecule has 0 radical (unpaired) electrons. The number of nitriles is 1. The summed E-state index contributed by atoms with van der Waals surface area (Å²) in [6.07, 6.45) is -1.48. The lowest BCUT2D eigenvalue weighted by molar-refractivity contribution is -0.168. The highest BCUT2D eigenvalue weighted by molar-refractivity contribution is 5.86. The third-order valence-corrected chi connectivity index (χ3v) is 6.27. The third-order valence-electron chi connectivity index (χ3n) is 6.27. The van der Waals surface area contributed by atoms with E-state index in [0.717, 1.165) is 16.7 Å². The van der Waals surface area contributed by atoms with Crippen molar-refractivity contribution in [1.82, 2.24) is 10.3 Å². The molecule has 182 valence electrons. The van der Waals surface area contributed by atoms with Gasteiger partial charge in [-0.1, -0.05) is 68.4 Å². The predicted octanol–water partition coefficient (Wildman–Crippen LogP) is 5.20. The molecule has 1 heterocycles. The molecule has 0 aliphatic rings. The SMILES string of the molecule is CC(C)C(N[C@@H](c1ccc(-c2ccncc2)cc1)C(F)(F)F)(C(N)=O)[C@@H](C#N)Cc1ccccc1. The van der Waals surface area contributed by atoms with Gasteiger partial charge in [-0.05, 0) is 46.7 Å². The van der Waals surface area contributed by atoms with E-state index >= 15 is 0 Å². The van der Waals surface area contributed by atoms with Crippen molar-refractivity contribution in [3.63, 3.8) is 0 Å². The van der Waals surface area contributed by atoms with Crippen LogP contribution in [0.15, 0.2) is 79.1 Å². The third kappa shape index (κ3) is 5.69. The molecule has 0 saturated carbocycles. The van der Waals surface area contributed by atoms with Crippen LogP contribution in [-0.2, 0) is 11.2 Å². The Morgan fingerprint density at radius 1 is 1.00 bits per heavy atom. The Morgan fingerprint density at radius 3 is 2.06 bits per heavy atom. The first-order chi connectivity index (χ1) is 16.6. The van der Waals surface area contributed by atoms with Gasteiger partial charge < -0.3 is 5.73 Å². The van der Waals surface area contributed by atoms with Gasteiger partial charge in [-0.15, -0.1) is 0 Å². The van der Waals surface area contributed by atoms with E-state index in [2.05, 4.69) is 16.4 Å². The molecule has 1 aromatic heterocycles. The summed E-state index contributed by atoms with van der Waals surface area (Å²) < 4.78 is 43.1. The van der Waals surface area contributed by atoms with Crippen molar-refractivity contribution in [3.8, 4) is 17.2 Å². The molecule has 5 nitrogen and oxygen atoms in total. The molecule has 0 saturated heterocycles. The molecule has 3 N–H and O–H groups in total. The van der Waals surface area contributed by atoms with Gasteiger partial charge in [0.15, 0.2) is 0 Å². The number of halogens is 3. The van der Waals surface area contributed by atoms with Crippen LogP contribution in [0, 0.1) is 23.2 Å². The van der Waals surface area contributed by atoms with Gasteiger partial charge in [0, 0.05) is 12.4 Å². The van der Waals surface area contributed by atoms with Crippen molar-refractivity contribution >= 4 is 5.91 Å². The second-order valence-electron chi connectivity index (χ2n) is 8.74. The minimum atomic E-state index is -4.75. The highest BCUT2D eigenvalue weighted by Gasteiger charge is 2.53. The average molecular weight is 481 g/mol. The number of primary amides is 1. The van der Waals surface area contributed by atoms with Crippen molar-refractivity contribution in [2.45, 2.75) is 38.0 Å². The molecule has 35 heavy (non-hydrogen) atoms. The molecule has 3 rings (SSSR count). The molecule has 0 aliphatic heterocycles. The van der Waals surface area contributed by atoms with Crippen LogP contribution in [0.3, 0.4) is 0 Å². The number of nitrogens with one attached hydrogen (secondary N) is 1. The number of carbonyl (C=O) groups excluding carboxylic acids is 1. The summed E-state index contributed by atoms with van der Waals surface area (Å²) >= 11 is 0. The molecule has 2 aromatic carbocycles. The second kappa shape index (κ2) is 10.7. The smallest absolute Gasteiger partial charge is 0.368 e. The Kier molecular flexibility index (Phi) is 7.92. The average Bonchev–Trinajstić information content (AvgIpc) is 2.84. The zero-order chi connectivity index (χ0) is 25.6. The van der Waals surface area contributed by atoms with E-state index in [1.165, 1.54) is 12.1 Å². The van der Waals surface area contributed by atoms with Crippen LogP contribution in [0.5, 0.6) is 0 Å². The lowest BCUT2D eigenvalue weighted by Crippen LogP contribution is -2.66. The molecule has 3 atom stereocenters. The molecule has 0 bridgehead atoms. The number of hydrogen-bond donors (Lipinski definition) is 2. The largest absolute Gasteiger partial charge is 0.407 e. The van der Waals surface area contributed by atoms with Crippen LogP contribution in [0.1, 0.15) is 31.0 Å². The first-order valence-electron chi connectivity index (χ1n) is 11.2. The Hall–Kier alpha value is -3.70. The number of nitrogens with two attached hydrogens (primary N) is 1. The van der Waals surface area contributed by atoms with E-state index in [0.29, 0.717) is 0 Å². The molecule has 1 unspecified atom stereocenters. The number of rotatable bonds is 9. The Labute approximate surface area is 202 Å². The molecule has 8 heteroatoms. The molecular formula is C27H27F3N4O. The topological polar surface area (TPSA) is 91.8 Å². The molecule has 0 aliphatic carbocycles. The Balaban J connectivity index is 2.03.